The molecule has 4 rings (SSSR count). The summed E-state index contributed by atoms with van der Waals surface area (Å²) in [5, 5.41) is 2.16. The van der Waals surface area contributed by atoms with Crippen LogP contribution in [-0.4, -0.2) is 48.5 Å². The van der Waals surface area contributed by atoms with E-state index in [0.717, 1.165) is 16.7 Å². The van der Waals surface area contributed by atoms with E-state index in [4.69, 9.17) is 18.9 Å². The maximum Gasteiger partial charge on any atom is 0.294 e. The van der Waals surface area contributed by atoms with E-state index in [-0.39, 0.29) is 11.7 Å². The van der Waals surface area contributed by atoms with Gasteiger partial charge in [0.05, 0.1) is 18.1 Å². The molecule has 0 atom stereocenters. The van der Waals surface area contributed by atoms with Gasteiger partial charge in [0.2, 0.25) is 12.7 Å². The number of ether oxygens (including phenoxy) is 4. The first-order valence-electron chi connectivity index (χ1n) is 11.2. The number of benzene rings is 2. The molecule has 1 N–H and O–H groups in total. The summed E-state index contributed by atoms with van der Waals surface area (Å²) in [5.74, 6) is 1.61. The minimum atomic E-state index is -0.529. The highest BCUT2D eigenvalue weighted by Gasteiger charge is 2.36. The van der Waals surface area contributed by atoms with Gasteiger partial charge in [-0.2, -0.15) is 0 Å². The van der Waals surface area contributed by atoms with Gasteiger partial charge in [-0.1, -0.05) is 19.9 Å². The van der Waals surface area contributed by atoms with Crippen molar-refractivity contribution in [2.75, 3.05) is 31.9 Å². The Bertz CT molecular complexity index is 1180. The molecule has 1 fully saturated rings. The second kappa shape index (κ2) is 10.7. The van der Waals surface area contributed by atoms with Crippen molar-refractivity contribution in [3.05, 3.63) is 46.9 Å². The Balaban J connectivity index is 1.43. The third kappa shape index (κ3) is 5.89. The molecule has 184 valence electrons. The Kier molecular flexibility index (Phi) is 7.50. The maximum absolute atomic E-state index is 12.9. The van der Waals surface area contributed by atoms with Crippen LogP contribution >= 0.6 is 11.8 Å². The van der Waals surface area contributed by atoms with E-state index in [9.17, 15) is 14.4 Å². The fourth-order valence-corrected chi connectivity index (χ4v) is 4.20. The van der Waals surface area contributed by atoms with Crippen molar-refractivity contribution in [2.24, 2.45) is 5.92 Å². The number of carbonyl (C=O) groups excluding carboxylic acids is 3. The second-order valence-corrected chi connectivity index (χ2v) is 9.22. The molecule has 2 aliphatic rings. The molecule has 2 aromatic rings. The SMILES string of the molecule is CCOc1cc(/C=C2\SC(=O)N(CC(=O)Nc3ccc4c(c3)OCO4)C2=O)ccc1OCC(C)C. The quantitative estimate of drug-likeness (QED) is 0.503. The normalized spacial score (nSPS) is 15.8. The van der Waals surface area contributed by atoms with E-state index < -0.39 is 23.6 Å². The number of fused-ring (bicyclic) bond motifs is 1. The Hall–Kier alpha value is -3.66. The zero-order valence-corrected chi connectivity index (χ0v) is 20.5. The average Bonchev–Trinajstić information content (AvgIpc) is 3.38. The number of rotatable bonds is 9. The van der Waals surface area contributed by atoms with Gasteiger partial charge < -0.3 is 24.3 Å². The molecule has 0 aromatic heterocycles. The van der Waals surface area contributed by atoms with Gasteiger partial charge in [-0.05, 0) is 60.5 Å². The van der Waals surface area contributed by atoms with Gasteiger partial charge in [-0.25, -0.2) is 0 Å². The van der Waals surface area contributed by atoms with E-state index in [1.165, 1.54) is 0 Å². The first-order chi connectivity index (χ1) is 16.8. The number of nitrogens with zero attached hydrogens (tertiary/aromatic N) is 1. The van der Waals surface area contributed by atoms with Crippen LogP contribution in [0.4, 0.5) is 10.5 Å². The van der Waals surface area contributed by atoms with E-state index in [1.54, 1.807) is 42.5 Å². The summed E-state index contributed by atoms with van der Waals surface area (Å²) < 4.78 is 22.0. The van der Waals surface area contributed by atoms with E-state index in [2.05, 4.69) is 19.2 Å². The molecule has 0 unspecified atom stereocenters. The van der Waals surface area contributed by atoms with E-state index in [0.29, 0.717) is 53.4 Å². The van der Waals surface area contributed by atoms with Crippen molar-refractivity contribution >= 4 is 40.6 Å². The molecule has 2 aromatic carbocycles. The molecule has 2 heterocycles. The minimum absolute atomic E-state index is 0.121. The van der Waals surface area contributed by atoms with E-state index in [1.807, 2.05) is 6.92 Å². The number of imide groups is 1. The second-order valence-electron chi connectivity index (χ2n) is 8.23. The highest BCUT2D eigenvalue weighted by atomic mass is 32.2. The topological polar surface area (TPSA) is 103 Å². The van der Waals surface area contributed by atoms with Crippen LogP contribution in [0, 0.1) is 5.92 Å². The van der Waals surface area contributed by atoms with Crippen molar-refractivity contribution in [3.63, 3.8) is 0 Å². The molecule has 3 amide bonds. The van der Waals surface area contributed by atoms with Crippen LogP contribution in [0.3, 0.4) is 0 Å². The van der Waals surface area contributed by atoms with Gasteiger partial charge in [0.1, 0.15) is 6.54 Å². The molecule has 0 saturated carbocycles. The predicted octanol–water partition coefficient (Wildman–Crippen LogP) is 4.52. The Morgan fingerprint density at radius 3 is 2.69 bits per heavy atom. The zero-order chi connectivity index (χ0) is 24.9. The molecule has 0 spiro atoms. The highest BCUT2D eigenvalue weighted by Crippen LogP contribution is 2.36. The minimum Gasteiger partial charge on any atom is -0.490 e. The first kappa shape index (κ1) is 24.5. The fourth-order valence-electron chi connectivity index (χ4n) is 3.36. The summed E-state index contributed by atoms with van der Waals surface area (Å²) >= 11 is 0.789. The van der Waals surface area contributed by atoms with Gasteiger partial charge in [-0.15, -0.1) is 0 Å². The number of nitrogens with one attached hydrogen (secondary N) is 1. The van der Waals surface area contributed by atoms with Crippen molar-refractivity contribution in [2.45, 2.75) is 20.8 Å². The van der Waals surface area contributed by atoms with Crippen LogP contribution in [0.1, 0.15) is 26.3 Å². The molecule has 0 aliphatic carbocycles. The third-order valence-electron chi connectivity index (χ3n) is 4.97. The summed E-state index contributed by atoms with van der Waals surface area (Å²) in [6.45, 7) is 6.71. The zero-order valence-electron chi connectivity index (χ0n) is 19.7. The molecule has 9 nitrogen and oxygen atoms in total. The van der Waals surface area contributed by atoms with Crippen LogP contribution in [0.25, 0.3) is 6.08 Å². The van der Waals surface area contributed by atoms with Crippen LogP contribution in [0.15, 0.2) is 41.3 Å². The largest absolute Gasteiger partial charge is 0.490 e. The van der Waals surface area contributed by atoms with Crippen molar-refractivity contribution in [1.29, 1.82) is 0 Å². The van der Waals surface area contributed by atoms with E-state index >= 15 is 0 Å². The highest BCUT2D eigenvalue weighted by molar-refractivity contribution is 8.18. The van der Waals surface area contributed by atoms with Crippen LogP contribution in [0.5, 0.6) is 23.0 Å². The van der Waals surface area contributed by atoms with Crippen LogP contribution in [0.2, 0.25) is 0 Å². The molecular formula is C25H26N2O7S. The lowest BCUT2D eigenvalue weighted by atomic mass is 10.1. The summed E-state index contributed by atoms with van der Waals surface area (Å²) in [6.07, 6.45) is 1.61. The third-order valence-corrected chi connectivity index (χ3v) is 5.88. The summed E-state index contributed by atoms with van der Waals surface area (Å²) in [7, 11) is 0. The number of amides is 3. The summed E-state index contributed by atoms with van der Waals surface area (Å²) in [4.78, 5) is 39.0. The van der Waals surface area contributed by atoms with Gasteiger partial charge >= 0.3 is 0 Å². The lowest BCUT2D eigenvalue weighted by molar-refractivity contribution is -0.127. The first-order valence-corrected chi connectivity index (χ1v) is 12.0. The monoisotopic (exact) mass is 498 g/mol. The van der Waals surface area contributed by atoms with Gasteiger partial charge in [-0.3, -0.25) is 19.3 Å². The van der Waals surface area contributed by atoms with Crippen LogP contribution < -0.4 is 24.3 Å². The lowest BCUT2D eigenvalue weighted by Gasteiger charge is -2.14. The van der Waals surface area contributed by atoms with Crippen molar-refractivity contribution < 1.29 is 33.3 Å². The fraction of sp³-hybridized carbons (Fsp3) is 0.320. The molecule has 0 bridgehead atoms. The molecule has 1 saturated heterocycles. The lowest BCUT2D eigenvalue weighted by Crippen LogP contribution is -2.36. The number of thioether (sulfide) groups is 1. The number of hydrogen-bond donors (Lipinski definition) is 1. The Labute approximate surface area is 207 Å². The smallest absolute Gasteiger partial charge is 0.294 e. The van der Waals surface area contributed by atoms with Gasteiger partial charge in [0.25, 0.3) is 11.1 Å². The Morgan fingerprint density at radius 1 is 1.11 bits per heavy atom. The van der Waals surface area contributed by atoms with Gasteiger partial charge in [0, 0.05) is 11.8 Å². The van der Waals surface area contributed by atoms with Crippen molar-refractivity contribution in [1.82, 2.24) is 4.90 Å². The summed E-state index contributed by atoms with van der Waals surface area (Å²) in [6, 6.07) is 10.3. The molecule has 2 aliphatic heterocycles. The average molecular weight is 499 g/mol. The number of hydrogen-bond acceptors (Lipinski definition) is 8. The predicted molar refractivity (Wildman–Crippen MR) is 132 cm³/mol. The molecule has 35 heavy (non-hydrogen) atoms. The maximum atomic E-state index is 12.9. The van der Waals surface area contributed by atoms with Gasteiger partial charge in [0.15, 0.2) is 23.0 Å². The standard InChI is InChI=1S/C25H26N2O7S/c1-4-31-20-9-16(5-7-18(20)32-13-15(2)3)10-22-24(29)27(25(30)35-22)12-23(28)26-17-6-8-19-21(11-17)34-14-33-19/h5-11,15H,4,12-14H2,1-3H3,(H,26,28)/b22-10-. The number of anilines is 1. The Morgan fingerprint density at radius 2 is 1.91 bits per heavy atom. The molecular weight excluding hydrogens is 472 g/mol. The van der Waals surface area contributed by atoms with Crippen LogP contribution in [-0.2, 0) is 9.59 Å². The summed E-state index contributed by atoms with van der Waals surface area (Å²) in [5.41, 5.74) is 1.16. The number of carbonyl (C=O) groups is 3. The van der Waals surface area contributed by atoms with Crippen molar-refractivity contribution in [3.8, 4) is 23.0 Å². The molecule has 10 heteroatoms. The molecule has 0 radical (unpaired) electrons.